The monoisotopic (exact) mass is 919 g/mol. The first-order valence-corrected chi connectivity index (χ1v) is 25.4. The topological polar surface area (TPSA) is 186 Å². The summed E-state index contributed by atoms with van der Waals surface area (Å²) >= 11 is 0. The summed E-state index contributed by atoms with van der Waals surface area (Å²) in [4.78, 5) is 25.4. The van der Waals surface area contributed by atoms with Crippen LogP contribution in [0.4, 0.5) is 0 Å². The lowest BCUT2D eigenvalue weighted by Gasteiger charge is -2.40. The lowest BCUT2D eigenvalue weighted by molar-refractivity contribution is -0.297. The van der Waals surface area contributed by atoms with Gasteiger partial charge in [-0.1, -0.05) is 150 Å². The summed E-state index contributed by atoms with van der Waals surface area (Å²) < 4.78 is 54.0. The van der Waals surface area contributed by atoms with Crippen molar-refractivity contribution in [1.82, 2.24) is 0 Å². The van der Waals surface area contributed by atoms with Crippen molar-refractivity contribution in [2.24, 2.45) is 0 Å². The number of ether oxygens (including phenoxy) is 4. The maximum Gasteiger partial charge on any atom is 0.306 e. The molecule has 0 aromatic rings. The average Bonchev–Trinajstić information content (AvgIpc) is 3.26. The van der Waals surface area contributed by atoms with E-state index in [9.17, 15) is 37.9 Å². The highest BCUT2D eigenvalue weighted by atomic mass is 32.2. The molecule has 1 aliphatic rings. The Bertz CT molecular complexity index is 1540. The minimum Gasteiger partial charge on any atom is -0.462 e. The third-order valence-electron chi connectivity index (χ3n) is 10.1. The first kappa shape index (κ1) is 58.6. The molecular formula is C51H82O12S. The number of rotatable bonds is 38. The minimum absolute atomic E-state index is 0.0792. The fourth-order valence-corrected chi connectivity index (χ4v) is 7.17. The summed E-state index contributed by atoms with van der Waals surface area (Å²) in [6.07, 6.45) is 44.5. The summed E-state index contributed by atoms with van der Waals surface area (Å²) in [6.45, 7) is 3.56. The van der Waals surface area contributed by atoms with Crippen LogP contribution in [-0.4, -0.2) is 96.0 Å². The molecule has 1 fully saturated rings. The molecule has 0 aromatic carbocycles. The number of hydrogen-bond donors (Lipinski definition) is 4. The summed E-state index contributed by atoms with van der Waals surface area (Å²) in [7, 11) is -4.62. The quantitative estimate of drug-likeness (QED) is 0.0199. The molecule has 0 radical (unpaired) electrons. The summed E-state index contributed by atoms with van der Waals surface area (Å²) in [6, 6.07) is 0. The fraction of sp³-hybridized carbons (Fsp3) is 0.647. The van der Waals surface area contributed by atoms with E-state index in [2.05, 4.69) is 98.9 Å². The highest BCUT2D eigenvalue weighted by Crippen LogP contribution is 2.24. The van der Waals surface area contributed by atoms with Crippen molar-refractivity contribution >= 4 is 22.1 Å². The molecule has 6 atom stereocenters. The molecule has 4 N–H and O–H groups in total. The third kappa shape index (κ3) is 34.0. The number of aliphatic hydroxyl groups excluding tert-OH is 3. The van der Waals surface area contributed by atoms with Crippen LogP contribution in [-0.2, 0) is 38.7 Å². The van der Waals surface area contributed by atoms with Crippen LogP contribution in [0.3, 0.4) is 0 Å². The zero-order valence-corrected chi connectivity index (χ0v) is 39.7. The van der Waals surface area contributed by atoms with Gasteiger partial charge < -0.3 is 34.3 Å². The van der Waals surface area contributed by atoms with Crippen molar-refractivity contribution < 1.29 is 56.8 Å². The Labute approximate surface area is 385 Å². The SMILES string of the molecule is CC/C=C/C/C=C/C/C=C/C/C=C/C/C=C/CCCCCC(=O)OC[C@H](CO[C@H]1O[C@H](CS(=O)(=O)O)[C@@H](O)C(O)C1O)OC(=O)CCC/C=C/C/C=C/C/C=C/CCCCCCCC. The minimum atomic E-state index is -4.62. The summed E-state index contributed by atoms with van der Waals surface area (Å²) in [5.74, 6) is -2.11. The standard InChI is InChI=1S/C51H82O12S/c1-3-5-7-9-11-13-15-17-19-21-22-24-25-27-29-31-33-35-37-39-46(52)60-41-44(42-61-51-50(56)49(55)48(54)45(63-51)43-64(57,58)59)62-47(53)40-38-36-34-32-30-28-26-23-20-18-16-14-12-10-8-6-4-2/h5,7,11,13,17-20,22,24,26-29,32,34,44-45,48-51,54-56H,3-4,6,8-10,12,14-16,21,23,25,30-31,33,35-43H2,1-2H3,(H,57,58,59)/b7-5+,13-11+,19-17+,20-18+,24-22+,28-26+,29-27+,34-32+/t44-,45-,48-,49?,50?,51+/m1/s1. The molecule has 0 spiro atoms. The van der Waals surface area contributed by atoms with Crippen LogP contribution in [0.25, 0.3) is 0 Å². The van der Waals surface area contributed by atoms with E-state index in [0.29, 0.717) is 19.3 Å². The molecule has 0 bridgehead atoms. The van der Waals surface area contributed by atoms with Gasteiger partial charge in [0.1, 0.15) is 36.8 Å². The van der Waals surface area contributed by atoms with Crippen LogP contribution in [0.2, 0.25) is 0 Å². The fourth-order valence-electron chi connectivity index (χ4n) is 6.48. The van der Waals surface area contributed by atoms with Gasteiger partial charge in [-0.3, -0.25) is 14.1 Å². The normalized spacial score (nSPS) is 20.5. The summed E-state index contributed by atoms with van der Waals surface area (Å²) in [5, 5.41) is 30.9. The Morgan fingerprint density at radius 1 is 0.547 bits per heavy atom. The van der Waals surface area contributed by atoms with Gasteiger partial charge in [0.2, 0.25) is 0 Å². The average molecular weight is 919 g/mol. The van der Waals surface area contributed by atoms with E-state index in [1.54, 1.807) is 0 Å². The van der Waals surface area contributed by atoms with Gasteiger partial charge in [-0.2, -0.15) is 8.42 Å². The first-order valence-electron chi connectivity index (χ1n) is 23.8. The molecule has 1 heterocycles. The zero-order chi connectivity index (χ0) is 46.9. The lowest BCUT2D eigenvalue weighted by Crippen LogP contribution is -2.60. The van der Waals surface area contributed by atoms with Gasteiger partial charge in [0.15, 0.2) is 12.4 Å². The number of allylic oxidation sites excluding steroid dienone is 16. The van der Waals surface area contributed by atoms with Crippen molar-refractivity contribution in [3.63, 3.8) is 0 Å². The maximum absolute atomic E-state index is 12.8. The van der Waals surface area contributed by atoms with E-state index in [4.69, 9.17) is 18.9 Å². The molecule has 0 aromatic heterocycles. The van der Waals surface area contributed by atoms with E-state index in [-0.39, 0.29) is 19.4 Å². The van der Waals surface area contributed by atoms with Crippen molar-refractivity contribution in [2.75, 3.05) is 19.0 Å². The Balaban J connectivity index is 2.50. The van der Waals surface area contributed by atoms with Crippen molar-refractivity contribution in [3.05, 3.63) is 97.2 Å². The summed E-state index contributed by atoms with van der Waals surface area (Å²) in [5.41, 5.74) is 0. The Kier molecular flexibility index (Phi) is 36.5. The number of hydrogen-bond acceptors (Lipinski definition) is 11. The zero-order valence-electron chi connectivity index (χ0n) is 38.8. The van der Waals surface area contributed by atoms with Crippen LogP contribution in [0.5, 0.6) is 0 Å². The second-order valence-electron chi connectivity index (χ2n) is 16.0. The predicted molar refractivity (Wildman–Crippen MR) is 256 cm³/mol. The van der Waals surface area contributed by atoms with Crippen LogP contribution in [0.15, 0.2) is 97.2 Å². The Morgan fingerprint density at radius 2 is 1.00 bits per heavy atom. The van der Waals surface area contributed by atoms with Gasteiger partial charge in [0.05, 0.1) is 6.61 Å². The van der Waals surface area contributed by atoms with Crippen molar-refractivity contribution in [2.45, 2.75) is 192 Å². The number of carbonyl (C=O) groups excluding carboxylic acids is 2. The molecule has 364 valence electrons. The van der Waals surface area contributed by atoms with Gasteiger partial charge in [-0.15, -0.1) is 0 Å². The molecule has 0 amide bonds. The van der Waals surface area contributed by atoms with Crippen LogP contribution in [0.1, 0.15) is 155 Å². The Hall–Kier alpha value is -3.43. The second kappa shape index (κ2) is 39.9. The van der Waals surface area contributed by atoms with Crippen LogP contribution >= 0.6 is 0 Å². The van der Waals surface area contributed by atoms with Gasteiger partial charge in [0.25, 0.3) is 10.1 Å². The van der Waals surface area contributed by atoms with Crippen molar-refractivity contribution in [3.8, 4) is 0 Å². The third-order valence-corrected chi connectivity index (χ3v) is 10.9. The second-order valence-corrected chi connectivity index (χ2v) is 17.5. The number of aliphatic hydroxyl groups is 3. The van der Waals surface area contributed by atoms with Crippen molar-refractivity contribution in [1.29, 1.82) is 0 Å². The van der Waals surface area contributed by atoms with Gasteiger partial charge in [-0.05, 0) is 89.9 Å². The van der Waals surface area contributed by atoms with E-state index < -0.39 is 71.2 Å². The molecule has 1 saturated heterocycles. The number of esters is 2. The van der Waals surface area contributed by atoms with E-state index >= 15 is 0 Å². The molecule has 0 saturated carbocycles. The van der Waals surface area contributed by atoms with Crippen LogP contribution < -0.4 is 0 Å². The molecule has 1 aliphatic heterocycles. The van der Waals surface area contributed by atoms with E-state index in [0.717, 1.165) is 70.6 Å². The molecule has 13 heteroatoms. The molecule has 12 nitrogen and oxygen atoms in total. The lowest BCUT2D eigenvalue weighted by atomic mass is 10.00. The molecule has 64 heavy (non-hydrogen) atoms. The Morgan fingerprint density at radius 3 is 1.52 bits per heavy atom. The predicted octanol–water partition coefficient (Wildman–Crippen LogP) is 10.2. The molecular weight excluding hydrogens is 837 g/mol. The largest absolute Gasteiger partial charge is 0.462 e. The number of carbonyl (C=O) groups is 2. The highest BCUT2D eigenvalue weighted by molar-refractivity contribution is 7.85. The van der Waals surface area contributed by atoms with Gasteiger partial charge in [-0.25, -0.2) is 0 Å². The highest BCUT2D eigenvalue weighted by Gasteiger charge is 2.46. The van der Waals surface area contributed by atoms with E-state index in [1.807, 2.05) is 12.2 Å². The van der Waals surface area contributed by atoms with Crippen LogP contribution in [0, 0.1) is 0 Å². The first-order chi connectivity index (χ1) is 31.0. The van der Waals surface area contributed by atoms with Gasteiger partial charge >= 0.3 is 11.9 Å². The molecule has 1 rings (SSSR count). The molecule has 2 unspecified atom stereocenters. The van der Waals surface area contributed by atoms with Gasteiger partial charge in [0, 0.05) is 12.8 Å². The smallest absolute Gasteiger partial charge is 0.306 e. The number of unbranched alkanes of at least 4 members (excludes halogenated alkanes) is 10. The maximum atomic E-state index is 12.8. The van der Waals surface area contributed by atoms with E-state index in [1.165, 1.54) is 38.5 Å². The molecule has 0 aliphatic carbocycles.